The molecule has 1 saturated heterocycles. The van der Waals surface area contributed by atoms with Crippen molar-refractivity contribution in [3.05, 3.63) is 52.6 Å². The van der Waals surface area contributed by atoms with E-state index in [2.05, 4.69) is 26.1 Å². The van der Waals surface area contributed by atoms with Crippen LogP contribution < -0.4 is 10.1 Å². The summed E-state index contributed by atoms with van der Waals surface area (Å²) in [7, 11) is 0. The third-order valence-electron chi connectivity index (χ3n) is 4.20. The number of benzene rings is 1. The minimum Gasteiger partial charge on any atom is -0.481 e. The molecule has 0 saturated carbocycles. The van der Waals surface area contributed by atoms with Crippen LogP contribution in [0.2, 0.25) is 0 Å². The molecule has 0 radical (unpaired) electrons. The summed E-state index contributed by atoms with van der Waals surface area (Å²) in [6, 6.07) is 8.22. The second-order valence-electron chi connectivity index (χ2n) is 5.94. The molecule has 1 N–H and O–H groups in total. The number of hydrogen-bond donors (Lipinski definition) is 1. The van der Waals surface area contributed by atoms with Crippen molar-refractivity contribution in [2.24, 2.45) is 0 Å². The van der Waals surface area contributed by atoms with Crippen LogP contribution in [0.5, 0.6) is 5.75 Å². The quantitative estimate of drug-likeness (QED) is 0.758. The van der Waals surface area contributed by atoms with Gasteiger partial charge in [-0.3, -0.25) is 9.69 Å². The van der Waals surface area contributed by atoms with E-state index in [9.17, 15) is 9.18 Å². The van der Waals surface area contributed by atoms with E-state index < -0.39 is 5.82 Å². The van der Waals surface area contributed by atoms with Crippen LogP contribution in [-0.4, -0.2) is 37.0 Å². The van der Waals surface area contributed by atoms with Crippen LogP contribution >= 0.6 is 15.9 Å². The first-order chi connectivity index (χ1) is 12.1. The molecule has 1 unspecified atom stereocenters. The van der Waals surface area contributed by atoms with Gasteiger partial charge in [-0.15, -0.1) is 0 Å². The second kappa shape index (κ2) is 8.49. The number of halogens is 2. The number of rotatable bonds is 7. The molecule has 1 aliphatic heterocycles. The van der Waals surface area contributed by atoms with E-state index in [1.165, 1.54) is 12.1 Å². The molecule has 134 valence electrons. The van der Waals surface area contributed by atoms with Gasteiger partial charge in [0, 0.05) is 11.0 Å². The van der Waals surface area contributed by atoms with Crippen LogP contribution in [0.15, 0.2) is 45.5 Å². The van der Waals surface area contributed by atoms with Crippen molar-refractivity contribution < 1.29 is 18.3 Å². The summed E-state index contributed by atoms with van der Waals surface area (Å²) < 4.78 is 25.1. The molecule has 1 amide bonds. The molecule has 1 aromatic heterocycles. The Bertz CT molecular complexity index is 702. The lowest BCUT2D eigenvalue weighted by Crippen LogP contribution is -2.38. The van der Waals surface area contributed by atoms with Crippen LogP contribution in [0.3, 0.4) is 0 Å². The highest BCUT2D eigenvalue weighted by Crippen LogP contribution is 2.25. The third-order valence-corrected chi connectivity index (χ3v) is 4.69. The fourth-order valence-electron chi connectivity index (χ4n) is 2.94. The summed E-state index contributed by atoms with van der Waals surface area (Å²) in [6.07, 6.45) is 3.94. The Balaban J connectivity index is 1.53. The van der Waals surface area contributed by atoms with E-state index in [0.29, 0.717) is 11.0 Å². The van der Waals surface area contributed by atoms with Crippen molar-refractivity contribution in [3.63, 3.8) is 0 Å². The largest absolute Gasteiger partial charge is 0.481 e. The van der Waals surface area contributed by atoms with Gasteiger partial charge in [-0.25, -0.2) is 4.39 Å². The zero-order valence-corrected chi connectivity index (χ0v) is 15.3. The fraction of sp³-hybridized carbons (Fsp3) is 0.389. The van der Waals surface area contributed by atoms with Gasteiger partial charge < -0.3 is 14.5 Å². The van der Waals surface area contributed by atoms with E-state index in [-0.39, 0.29) is 24.3 Å². The Hall–Kier alpha value is -1.86. The summed E-state index contributed by atoms with van der Waals surface area (Å²) in [5.41, 5.74) is 0. The van der Waals surface area contributed by atoms with Crippen molar-refractivity contribution in [3.8, 4) is 5.75 Å². The predicted molar refractivity (Wildman–Crippen MR) is 94.9 cm³/mol. The second-order valence-corrected chi connectivity index (χ2v) is 6.86. The van der Waals surface area contributed by atoms with Crippen molar-refractivity contribution in [2.45, 2.75) is 18.9 Å². The number of nitrogens with one attached hydrogen (secondary N) is 1. The smallest absolute Gasteiger partial charge is 0.258 e. The minimum absolute atomic E-state index is 0.00543. The van der Waals surface area contributed by atoms with E-state index in [1.807, 2.05) is 12.1 Å². The number of carbonyl (C=O) groups excluding carboxylic acids is 1. The molecular weight excluding hydrogens is 391 g/mol. The van der Waals surface area contributed by atoms with Crippen molar-refractivity contribution in [2.75, 3.05) is 26.2 Å². The number of carbonyl (C=O) groups is 1. The molecule has 0 bridgehead atoms. The zero-order chi connectivity index (χ0) is 17.6. The van der Waals surface area contributed by atoms with Crippen molar-refractivity contribution >= 4 is 21.8 Å². The van der Waals surface area contributed by atoms with Gasteiger partial charge in [0.2, 0.25) is 0 Å². The maximum Gasteiger partial charge on any atom is 0.258 e. The van der Waals surface area contributed by atoms with Crippen LogP contribution in [0, 0.1) is 5.82 Å². The van der Waals surface area contributed by atoms with E-state index >= 15 is 0 Å². The Morgan fingerprint density at radius 1 is 1.36 bits per heavy atom. The number of amides is 1. The van der Waals surface area contributed by atoms with Gasteiger partial charge in [0.15, 0.2) is 18.2 Å². The van der Waals surface area contributed by atoms with Gasteiger partial charge in [0.1, 0.15) is 5.76 Å². The molecule has 7 heteroatoms. The summed E-state index contributed by atoms with van der Waals surface area (Å²) in [6.45, 7) is 2.17. The monoisotopic (exact) mass is 410 g/mol. The van der Waals surface area contributed by atoms with Gasteiger partial charge >= 0.3 is 0 Å². The highest BCUT2D eigenvalue weighted by molar-refractivity contribution is 9.10. The average Bonchev–Trinajstić information content (AvgIpc) is 3.28. The molecule has 25 heavy (non-hydrogen) atoms. The molecule has 1 fully saturated rings. The van der Waals surface area contributed by atoms with Crippen LogP contribution in [0.25, 0.3) is 0 Å². The molecule has 2 heterocycles. The minimum atomic E-state index is -0.507. The van der Waals surface area contributed by atoms with Crippen LogP contribution in [0.4, 0.5) is 4.39 Å². The standard InChI is InChI=1S/C18H20BrFN2O3/c19-13-5-6-16(14(20)10-13)25-12-18(23)21-11-15(17-4-3-9-24-17)22-7-1-2-8-22/h3-6,9-10,15H,1-2,7-8,11-12H2,(H,21,23). The van der Waals surface area contributed by atoms with Gasteiger partial charge in [0.25, 0.3) is 5.91 Å². The summed E-state index contributed by atoms with van der Waals surface area (Å²) >= 11 is 3.18. The Morgan fingerprint density at radius 3 is 2.84 bits per heavy atom. The normalized spacial score (nSPS) is 15.9. The Kier molecular flexibility index (Phi) is 6.09. The van der Waals surface area contributed by atoms with Crippen LogP contribution in [-0.2, 0) is 4.79 Å². The molecule has 5 nitrogen and oxygen atoms in total. The van der Waals surface area contributed by atoms with Gasteiger partial charge in [-0.2, -0.15) is 0 Å². The summed E-state index contributed by atoms with van der Waals surface area (Å²) in [5, 5.41) is 2.85. The number of likely N-dealkylation sites (tertiary alicyclic amines) is 1. The molecule has 0 spiro atoms. The molecule has 2 aromatic rings. The number of nitrogens with zero attached hydrogens (tertiary/aromatic N) is 1. The highest BCUT2D eigenvalue weighted by Gasteiger charge is 2.25. The molecule has 1 aliphatic rings. The zero-order valence-electron chi connectivity index (χ0n) is 13.7. The topological polar surface area (TPSA) is 54.7 Å². The van der Waals surface area contributed by atoms with Crippen molar-refractivity contribution in [1.29, 1.82) is 0 Å². The lowest BCUT2D eigenvalue weighted by molar-refractivity contribution is -0.123. The van der Waals surface area contributed by atoms with E-state index in [0.717, 1.165) is 31.7 Å². The van der Waals surface area contributed by atoms with E-state index in [1.54, 1.807) is 12.3 Å². The highest BCUT2D eigenvalue weighted by atomic mass is 79.9. The first kappa shape index (κ1) is 17.9. The van der Waals surface area contributed by atoms with Gasteiger partial charge in [-0.05, 0) is 56.3 Å². The lowest BCUT2D eigenvalue weighted by atomic mass is 10.2. The molecule has 1 atom stereocenters. The molecule has 0 aliphatic carbocycles. The third kappa shape index (κ3) is 4.83. The number of hydrogen-bond acceptors (Lipinski definition) is 4. The van der Waals surface area contributed by atoms with Crippen molar-refractivity contribution in [1.82, 2.24) is 10.2 Å². The Morgan fingerprint density at radius 2 is 2.16 bits per heavy atom. The molecule has 1 aromatic carbocycles. The maximum atomic E-state index is 13.7. The number of ether oxygens (including phenoxy) is 1. The Labute approximate surface area is 154 Å². The molecular formula is C18H20BrFN2O3. The SMILES string of the molecule is O=C(COc1ccc(Br)cc1F)NCC(c1ccco1)N1CCCC1. The summed E-state index contributed by atoms with van der Waals surface area (Å²) in [5.74, 6) is 0.0910. The first-order valence-corrected chi connectivity index (χ1v) is 9.05. The molecule has 3 rings (SSSR count). The van der Waals surface area contributed by atoms with E-state index in [4.69, 9.17) is 9.15 Å². The van der Waals surface area contributed by atoms with Gasteiger partial charge in [0.05, 0.1) is 12.3 Å². The van der Waals surface area contributed by atoms with Gasteiger partial charge in [-0.1, -0.05) is 15.9 Å². The first-order valence-electron chi connectivity index (χ1n) is 8.25. The van der Waals surface area contributed by atoms with Crippen LogP contribution in [0.1, 0.15) is 24.6 Å². The lowest BCUT2D eigenvalue weighted by Gasteiger charge is -2.26. The summed E-state index contributed by atoms with van der Waals surface area (Å²) in [4.78, 5) is 14.4. The fourth-order valence-corrected chi connectivity index (χ4v) is 3.27. The maximum absolute atomic E-state index is 13.7. The number of furan rings is 1. The average molecular weight is 411 g/mol. The predicted octanol–water partition coefficient (Wildman–Crippen LogP) is 3.51.